The molecule has 5 aliphatic rings. The summed E-state index contributed by atoms with van der Waals surface area (Å²) in [6.07, 6.45) is 7.00. The second-order valence-electron chi connectivity index (χ2n) is 23.4. The minimum Gasteiger partial charge on any atom is -0.508 e. The minimum atomic E-state index is -1.41. The number of nitrogens with one attached hydrogen (secondary N) is 3. The maximum Gasteiger partial charge on any atom is 0.243 e. The second-order valence-corrected chi connectivity index (χ2v) is 23.4. The molecule has 1 amide bonds. The van der Waals surface area contributed by atoms with Crippen LogP contribution in [0.1, 0.15) is 131 Å². The largest absolute Gasteiger partial charge is 0.508 e. The first-order valence-electron chi connectivity index (χ1n) is 28.7. The van der Waals surface area contributed by atoms with E-state index < -0.39 is 76.8 Å². The van der Waals surface area contributed by atoms with Crippen molar-refractivity contribution in [1.29, 1.82) is 0 Å². The first-order chi connectivity index (χ1) is 38.7. The zero-order valence-electron chi connectivity index (χ0n) is 47.5. The first kappa shape index (κ1) is 60.9. The van der Waals surface area contributed by atoms with Crippen molar-refractivity contribution >= 4 is 17.6 Å². The van der Waals surface area contributed by atoms with E-state index in [0.717, 1.165) is 33.4 Å². The zero-order valence-corrected chi connectivity index (χ0v) is 47.5. The van der Waals surface area contributed by atoms with Crippen LogP contribution in [0.3, 0.4) is 0 Å². The third-order valence-electron chi connectivity index (χ3n) is 18.2. The molecule has 16 nitrogen and oxygen atoms in total. The van der Waals surface area contributed by atoms with Crippen LogP contribution in [0.2, 0.25) is 0 Å². The topological polar surface area (TPSA) is 291 Å². The molecule has 3 aromatic carbocycles. The van der Waals surface area contributed by atoms with Crippen LogP contribution in [0.4, 0.5) is 0 Å². The number of aliphatic hydroxyl groups excluding tert-OH is 3. The van der Waals surface area contributed by atoms with E-state index >= 15 is 4.79 Å². The van der Waals surface area contributed by atoms with E-state index in [9.17, 15) is 35.4 Å². The summed E-state index contributed by atoms with van der Waals surface area (Å²) in [5.41, 5.74) is 22.3. The highest BCUT2D eigenvalue weighted by molar-refractivity contribution is 5.98. The van der Waals surface area contributed by atoms with Crippen LogP contribution in [0.5, 0.6) is 5.75 Å². The number of rotatable bonds is 7. The third kappa shape index (κ3) is 13.7. The number of phenolic OH excluding ortho intramolecular Hbond substituents is 1. The number of ketones is 1. The fraction of sp³-hybridized carbons (Fsp3) is 0.492. The molecule has 16 heteroatoms. The summed E-state index contributed by atoms with van der Waals surface area (Å²) in [5.74, 6) is 3.55. The Morgan fingerprint density at radius 3 is 2.46 bits per heavy atom. The summed E-state index contributed by atoms with van der Waals surface area (Å²) < 4.78 is 6.21. The number of aliphatic hydroxyl groups is 5. The lowest BCUT2D eigenvalue weighted by molar-refractivity contribution is -0.168. The number of Topliss-reactive ketones (excluding diaryl/α,β-unsaturated/α-hetero) is 1. The number of guanidine groups is 1. The van der Waals surface area contributed by atoms with Crippen LogP contribution in [0, 0.1) is 35.0 Å². The molecule has 3 heterocycles. The maximum absolute atomic E-state index is 15.2. The maximum atomic E-state index is 15.2. The Kier molecular flexibility index (Phi) is 19.8. The molecule has 434 valence electrons. The highest BCUT2D eigenvalue weighted by Crippen LogP contribution is 2.63. The number of β-amino-alcohol motifs (C(OH)–C–C–N with tert-alkyl or cyclic N) is 1. The molecule has 2 fully saturated rings. The van der Waals surface area contributed by atoms with Gasteiger partial charge in [-0.15, -0.1) is 0 Å². The van der Waals surface area contributed by atoms with Gasteiger partial charge in [0.2, 0.25) is 5.91 Å². The fourth-order valence-electron chi connectivity index (χ4n) is 13.7. The zero-order chi connectivity index (χ0) is 58.2. The summed E-state index contributed by atoms with van der Waals surface area (Å²) in [4.78, 5) is 33.8. The number of carbonyl (C=O) groups is 2. The standard InChI is InChI=1S/C65H85N7O9/c1-6-71-65(80)30-25-39(2)12-7-8-31-81-38-46(17-9-13-40(65)3)50-27-29-64(59(50)77)54-24-23-48(74)33-42-14-10-15-43(32-42)34-52(53(36-70-62(67)68)44-19-21-47(73)22-20-44)56(76)37-69-58-57-45(16-11-18-51(57)60(66)72-61(58)78)35-55(75)41(4)49(54)26-28-63(64,5)79/h9-11,13-22,25,32,48,50,52-54,56,58-60,69,71,73-74,76-77,79-80H,3,6,12,23-24,26-31,33-38,66H2,1-2,4-5H3,(H,72,78)(H4,67,68,70). The summed E-state index contributed by atoms with van der Waals surface area (Å²) in [6.45, 7) is 12.6. The highest BCUT2D eigenvalue weighted by atomic mass is 16.5. The molecule has 15 N–H and O–H groups in total. The van der Waals surface area contributed by atoms with Crippen molar-refractivity contribution in [1.82, 2.24) is 16.0 Å². The van der Waals surface area contributed by atoms with Crippen molar-refractivity contribution in [3.63, 3.8) is 0 Å². The van der Waals surface area contributed by atoms with Gasteiger partial charge < -0.3 is 57.9 Å². The SMILES string of the molecule is C=C1C=CC=C(C2CCC3(C4CCC(O)Cc5cccc(c5)CC(C(CN=C(N)N)c5ccc(O)cc5)C(O)CNC5C(=O)NC(N)c6cccc(c65)CC(=O)C(C)=C4CCC3(C)O)C2O)COCC#CCC(C)=CCC1(O)NCC. The van der Waals surface area contributed by atoms with Crippen molar-refractivity contribution in [2.24, 2.45) is 45.4 Å². The van der Waals surface area contributed by atoms with Gasteiger partial charge in [-0.2, -0.15) is 0 Å². The van der Waals surface area contributed by atoms with Gasteiger partial charge in [0, 0.05) is 49.6 Å². The molecule has 1 spiro atoms. The number of fused-ring (bicyclic) bond motifs is 4. The summed E-state index contributed by atoms with van der Waals surface area (Å²) in [6, 6.07) is 19.0. The average molecular weight is 1110 g/mol. The lowest BCUT2D eigenvalue weighted by Crippen LogP contribution is -2.59. The molecule has 0 radical (unpaired) electrons. The Labute approximate surface area is 477 Å². The number of hydrogen-bond donors (Lipinski definition) is 12. The fourth-order valence-corrected chi connectivity index (χ4v) is 13.7. The van der Waals surface area contributed by atoms with E-state index in [1.165, 1.54) is 0 Å². The Hall–Kier alpha value is -6.23. The van der Waals surface area contributed by atoms with Gasteiger partial charge in [0.1, 0.15) is 30.3 Å². The smallest absolute Gasteiger partial charge is 0.243 e. The van der Waals surface area contributed by atoms with Gasteiger partial charge in [0.15, 0.2) is 11.7 Å². The number of aliphatic imine (C=N–C) groups is 1. The van der Waals surface area contributed by atoms with Crippen LogP contribution in [0.25, 0.3) is 0 Å². The molecular formula is C65H85N7O9. The van der Waals surface area contributed by atoms with Crippen LogP contribution >= 0.6 is 0 Å². The molecule has 3 aliphatic heterocycles. The molecule has 3 aromatic rings. The van der Waals surface area contributed by atoms with Gasteiger partial charge in [-0.1, -0.05) is 115 Å². The Morgan fingerprint density at radius 2 is 1.72 bits per heavy atom. The Bertz CT molecular complexity index is 3000. The van der Waals surface area contributed by atoms with Crippen LogP contribution < -0.4 is 33.2 Å². The minimum absolute atomic E-state index is 0.0649. The normalized spacial score (nSPS) is 31.4. The third-order valence-corrected chi connectivity index (χ3v) is 18.2. The van der Waals surface area contributed by atoms with E-state index in [4.69, 9.17) is 21.9 Å². The van der Waals surface area contributed by atoms with Crippen molar-refractivity contribution in [2.45, 2.75) is 146 Å². The molecular weight excluding hydrogens is 1020 g/mol. The van der Waals surface area contributed by atoms with Crippen molar-refractivity contribution in [3.05, 3.63) is 159 Å². The van der Waals surface area contributed by atoms with Gasteiger partial charge in [-0.05, 0) is 153 Å². The number of hydrogen-bond acceptors (Lipinski definition) is 13. The van der Waals surface area contributed by atoms with Crippen LogP contribution in [0.15, 0.2) is 130 Å². The average Bonchev–Trinajstić information content (AvgIpc) is 4.07. The molecule has 12 unspecified atom stereocenters. The second kappa shape index (κ2) is 26.3. The number of amides is 1. The molecule has 12 atom stereocenters. The number of nitrogens with zero attached hydrogens (tertiary/aromatic N) is 1. The molecule has 81 heavy (non-hydrogen) atoms. The van der Waals surface area contributed by atoms with Gasteiger partial charge in [0.25, 0.3) is 0 Å². The molecule has 2 saturated carbocycles. The van der Waals surface area contributed by atoms with E-state index in [1.807, 2.05) is 81.5 Å². The summed E-state index contributed by atoms with van der Waals surface area (Å²) >= 11 is 0. The lowest BCUT2D eigenvalue weighted by atomic mass is 9.52. The number of benzene rings is 3. The van der Waals surface area contributed by atoms with Gasteiger partial charge in [0.05, 0.1) is 30.5 Å². The Morgan fingerprint density at radius 1 is 0.975 bits per heavy atom. The number of likely N-dealkylation sites (N-methyl/N-ethyl adjacent to an activating group) is 1. The predicted octanol–water partition coefficient (Wildman–Crippen LogP) is 5.53. The van der Waals surface area contributed by atoms with E-state index in [2.05, 4.69) is 39.4 Å². The highest BCUT2D eigenvalue weighted by Gasteiger charge is 2.64. The molecule has 0 saturated heterocycles. The first-order valence-corrected chi connectivity index (χ1v) is 28.7. The molecule has 0 aromatic heterocycles. The van der Waals surface area contributed by atoms with E-state index in [0.29, 0.717) is 72.9 Å². The quantitative estimate of drug-likeness (QED) is 0.0456. The predicted molar refractivity (Wildman–Crippen MR) is 315 cm³/mol. The van der Waals surface area contributed by atoms with Gasteiger partial charge in [-0.25, -0.2) is 0 Å². The van der Waals surface area contributed by atoms with E-state index in [-0.39, 0.29) is 75.9 Å². The summed E-state index contributed by atoms with van der Waals surface area (Å²) in [5, 5.41) is 82.3. The molecule has 8 rings (SSSR count). The summed E-state index contributed by atoms with van der Waals surface area (Å²) in [7, 11) is 0. The number of phenols is 1. The monoisotopic (exact) mass is 1110 g/mol. The number of carbonyl (C=O) groups excluding carboxylic acids is 2. The van der Waals surface area contributed by atoms with Crippen molar-refractivity contribution in [2.75, 3.05) is 32.8 Å². The number of allylic oxidation sites excluding steroid dienone is 5. The Balaban J connectivity index is 1.21. The molecule has 2 bridgehead atoms. The van der Waals surface area contributed by atoms with Crippen molar-refractivity contribution in [3.8, 4) is 17.6 Å². The number of ether oxygens (including phenoxy) is 1. The number of nitrogens with two attached hydrogens (primary N) is 3. The van der Waals surface area contributed by atoms with Crippen molar-refractivity contribution < 1.29 is 45.0 Å². The molecule has 2 aliphatic carbocycles. The van der Waals surface area contributed by atoms with Crippen LogP contribution in [-0.4, -0.2) is 111 Å². The lowest BCUT2D eigenvalue weighted by Gasteiger charge is -2.56. The van der Waals surface area contributed by atoms with Gasteiger partial charge >= 0.3 is 0 Å². The van der Waals surface area contributed by atoms with E-state index in [1.54, 1.807) is 37.3 Å². The van der Waals surface area contributed by atoms with Crippen LogP contribution in [-0.2, 0) is 33.6 Å². The number of aromatic hydroxyl groups is 1. The van der Waals surface area contributed by atoms with Gasteiger partial charge in [-0.3, -0.25) is 25.2 Å².